The number of carboxylic acids is 2. The fourth-order valence-electron chi connectivity index (χ4n) is 9.09. The largest absolute Gasteiger partial charge is 0.489 e. The second kappa shape index (κ2) is 22.7. The first-order chi connectivity index (χ1) is 33.8. The first-order valence-corrected chi connectivity index (χ1v) is 24.4. The Hall–Kier alpha value is -6.94. The summed E-state index contributed by atoms with van der Waals surface area (Å²) in [4.78, 5) is 37.9. The van der Waals surface area contributed by atoms with Crippen LogP contribution in [0.2, 0.25) is 0 Å². The van der Waals surface area contributed by atoms with Crippen molar-refractivity contribution in [2.45, 2.75) is 149 Å². The molecule has 3 aliphatic rings. The monoisotopic (exact) mass is 967 g/mol. The van der Waals surface area contributed by atoms with E-state index in [-0.39, 0.29) is 30.4 Å². The molecule has 70 heavy (non-hydrogen) atoms. The molecule has 4 atom stereocenters. The number of unbranched alkanes of at least 4 members (excludes halogenated alkanes) is 1. The number of rotatable bonds is 19. The summed E-state index contributed by atoms with van der Waals surface area (Å²) >= 11 is 0. The number of anilines is 1. The number of aryl methyl sites for hydroxylation is 6. The molecule has 374 valence electrons. The van der Waals surface area contributed by atoms with Crippen molar-refractivity contribution in [3.8, 4) is 34.3 Å². The van der Waals surface area contributed by atoms with Gasteiger partial charge >= 0.3 is 11.9 Å². The van der Waals surface area contributed by atoms with Crippen LogP contribution >= 0.6 is 0 Å². The quantitative estimate of drug-likeness (QED) is 0.0765. The van der Waals surface area contributed by atoms with Gasteiger partial charge in [0, 0.05) is 26.6 Å². The highest BCUT2D eigenvalue weighted by molar-refractivity contribution is 5.70. The number of tetrazole rings is 1. The molecule has 6 aromatic heterocycles. The molecule has 3 saturated carbocycles. The predicted octanol–water partition coefficient (Wildman–Crippen LogP) is 6.66. The van der Waals surface area contributed by atoms with Crippen molar-refractivity contribution >= 4 is 17.9 Å². The third-order valence-electron chi connectivity index (χ3n) is 13.5. The van der Waals surface area contributed by atoms with Crippen molar-refractivity contribution in [2.75, 3.05) is 5.32 Å². The molecule has 0 spiro atoms. The Morgan fingerprint density at radius 1 is 0.800 bits per heavy atom. The summed E-state index contributed by atoms with van der Waals surface area (Å²) in [6, 6.07) is 5.03. The number of carbonyl (C=O) groups is 2. The number of hydrogen-bond donors (Lipinski definition) is 3. The van der Waals surface area contributed by atoms with Gasteiger partial charge < -0.3 is 29.5 Å². The Labute approximate surface area is 404 Å². The zero-order chi connectivity index (χ0) is 49.3. The summed E-state index contributed by atoms with van der Waals surface area (Å²) in [6.07, 6.45) is 13.3. The maximum atomic E-state index is 15.2. The van der Waals surface area contributed by atoms with Crippen molar-refractivity contribution in [3.05, 3.63) is 58.5 Å². The van der Waals surface area contributed by atoms with E-state index in [2.05, 4.69) is 63.4 Å². The molecule has 23 heteroatoms. The first-order valence-electron chi connectivity index (χ1n) is 24.4. The minimum Gasteiger partial charge on any atom is -0.489 e. The van der Waals surface area contributed by atoms with Crippen molar-refractivity contribution in [3.63, 3.8) is 0 Å². The van der Waals surface area contributed by atoms with Gasteiger partial charge in [0.15, 0.2) is 11.6 Å². The van der Waals surface area contributed by atoms with Crippen LogP contribution in [0.25, 0.3) is 22.8 Å². The van der Waals surface area contributed by atoms with Crippen LogP contribution in [0, 0.1) is 37.4 Å². The number of ether oxygens (including phenoxy) is 2. The van der Waals surface area contributed by atoms with Crippen LogP contribution in [0.1, 0.15) is 131 Å². The molecule has 0 saturated heterocycles. The average Bonchev–Trinajstić information content (AvgIpc) is 4.15. The number of nitrogens with zero attached hydrogens (tertiary/aromatic N) is 14. The zero-order valence-corrected chi connectivity index (χ0v) is 40.4. The van der Waals surface area contributed by atoms with Gasteiger partial charge in [-0.15, -0.1) is 20.4 Å². The molecule has 6 aromatic rings. The van der Waals surface area contributed by atoms with Crippen LogP contribution in [-0.2, 0) is 49.6 Å². The van der Waals surface area contributed by atoms with Gasteiger partial charge in [0.1, 0.15) is 28.6 Å². The lowest BCUT2D eigenvalue weighted by Crippen LogP contribution is -2.29. The first kappa shape index (κ1) is 49.5. The van der Waals surface area contributed by atoms with Gasteiger partial charge in [0.2, 0.25) is 5.89 Å². The van der Waals surface area contributed by atoms with E-state index in [1.165, 1.54) is 25.3 Å². The maximum Gasteiger partial charge on any atom is 0.306 e. The van der Waals surface area contributed by atoms with Crippen LogP contribution in [0.4, 0.5) is 10.3 Å². The minimum atomic E-state index is -0.820. The van der Waals surface area contributed by atoms with E-state index in [9.17, 15) is 19.8 Å². The summed E-state index contributed by atoms with van der Waals surface area (Å²) in [5.74, 6) is 0.367. The van der Waals surface area contributed by atoms with E-state index in [0.29, 0.717) is 89.7 Å². The third kappa shape index (κ3) is 12.3. The summed E-state index contributed by atoms with van der Waals surface area (Å²) in [5.41, 5.74) is 4.40. The van der Waals surface area contributed by atoms with Crippen molar-refractivity contribution in [1.82, 2.24) is 70.3 Å². The lowest BCUT2D eigenvalue weighted by Gasteiger charge is -2.27. The van der Waals surface area contributed by atoms with Crippen LogP contribution < -0.4 is 14.8 Å². The summed E-state index contributed by atoms with van der Waals surface area (Å²) in [7, 11) is 3.55. The fraction of sp³-hybridized carbons (Fsp3) is 0.596. The van der Waals surface area contributed by atoms with Crippen LogP contribution in [0.15, 0.2) is 22.7 Å². The van der Waals surface area contributed by atoms with E-state index < -0.39 is 23.7 Å². The van der Waals surface area contributed by atoms with E-state index >= 15 is 4.39 Å². The number of pyridine rings is 2. The number of nitrogens with one attached hydrogen (secondary N) is 1. The Morgan fingerprint density at radius 2 is 1.46 bits per heavy atom. The van der Waals surface area contributed by atoms with Crippen LogP contribution in [-0.4, -0.2) is 105 Å². The summed E-state index contributed by atoms with van der Waals surface area (Å²) in [5, 5.41) is 55.2. The number of carboxylic acid groups (broad SMARTS) is 2. The van der Waals surface area contributed by atoms with Crippen LogP contribution in [0.5, 0.6) is 11.5 Å². The highest BCUT2D eigenvalue weighted by atomic mass is 19.1. The molecule has 0 unspecified atom stereocenters. The molecule has 0 aromatic carbocycles. The average molecular weight is 968 g/mol. The summed E-state index contributed by atoms with van der Waals surface area (Å²) < 4.78 is 36.0. The molecule has 9 rings (SSSR count). The molecular formula is C47H62FN15O7. The number of hydrogen-bond acceptors (Lipinski definition) is 17. The normalized spacial score (nSPS) is 19.2. The molecule has 3 aliphatic carbocycles. The fourth-order valence-corrected chi connectivity index (χ4v) is 9.09. The van der Waals surface area contributed by atoms with Gasteiger partial charge in [0.25, 0.3) is 5.95 Å². The van der Waals surface area contributed by atoms with E-state index in [1.807, 2.05) is 26.1 Å². The molecule has 3 fully saturated rings. The second-order valence-corrected chi connectivity index (χ2v) is 18.6. The van der Waals surface area contributed by atoms with Crippen molar-refractivity contribution < 1.29 is 38.2 Å². The SMILES string of the molecule is CCCCn1nnc(Cc2c(-c3ccc(O[C@H]4CCC[C@H](C(=O)O)C4)c(C)n3)nnn2C)n1.Cc1nc(-c2nnn(C)c2CNc2noc(CCC3CCC3)n2)c(F)cc1O[C@H]1CCC[C@H](C(=O)O)C1. The molecule has 22 nitrogen and oxygen atoms in total. The predicted molar refractivity (Wildman–Crippen MR) is 249 cm³/mol. The molecule has 0 radical (unpaired) electrons. The van der Waals surface area contributed by atoms with E-state index in [1.54, 1.807) is 28.1 Å². The van der Waals surface area contributed by atoms with Gasteiger partial charge in [-0.05, 0) is 106 Å². The topological polar surface area (TPSA) is 275 Å². The van der Waals surface area contributed by atoms with Crippen LogP contribution in [0.3, 0.4) is 0 Å². The Morgan fingerprint density at radius 3 is 2.11 bits per heavy atom. The van der Waals surface area contributed by atoms with Crippen molar-refractivity contribution in [2.24, 2.45) is 31.8 Å². The lowest BCUT2D eigenvalue weighted by molar-refractivity contribution is -0.144. The van der Waals surface area contributed by atoms with Gasteiger partial charge in [-0.2, -0.15) is 9.78 Å². The highest BCUT2D eigenvalue weighted by Gasteiger charge is 2.31. The maximum absolute atomic E-state index is 15.2. The van der Waals surface area contributed by atoms with Gasteiger partial charge in [-0.1, -0.05) is 43.0 Å². The Kier molecular flexibility index (Phi) is 16.0. The van der Waals surface area contributed by atoms with Gasteiger partial charge in [-0.3, -0.25) is 14.3 Å². The van der Waals surface area contributed by atoms with Gasteiger partial charge in [0.05, 0.1) is 72.0 Å². The number of halogens is 1. The number of aromatic nitrogens is 14. The van der Waals surface area contributed by atoms with E-state index in [0.717, 1.165) is 75.2 Å². The molecule has 0 amide bonds. The third-order valence-corrected chi connectivity index (χ3v) is 13.5. The smallest absolute Gasteiger partial charge is 0.306 e. The molecular weight excluding hydrogens is 906 g/mol. The van der Waals surface area contributed by atoms with Gasteiger partial charge in [-0.25, -0.2) is 19.0 Å². The minimum absolute atomic E-state index is 0.0658. The number of aliphatic carboxylic acids is 2. The lowest BCUT2D eigenvalue weighted by atomic mass is 9.82. The Bertz CT molecular complexity index is 2730. The second-order valence-electron chi connectivity index (χ2n) is 18.6. The van der Waals surface area contributed by atoms with E-state index in [4.69, 9.17) is 19.0 Å². The zero-order valence-electron chi connectivity index (χ0n) is 40.4. The Balaban J connectivity index is 0.000000190. The highest BCUT2D eigenvalue weighted by Crippen LogP contribution is 2.34. The molecule has 0 aliphatic heterocycles. The standard InChI is InChI=1S/C25H32FN7O4.C22H30N8O3/c1-14-20(36-17-8-4-7-16(11-17)24(34)35)12-18(26)22(28-14)23-19(33(2)32-30-23)13-27-25-29-21(37-31-25)10-9-15-5-3-6-15;1-4-5-11-30-26-20(24-28-30)13-18-21(25-27-29(18)3)17-9-10-19(14(2)23-17)33-16-8-6-7-15(12-16)22(31)32/h12,15-17H,3-11,13H2,1-2H3,(H,27,31)(H,34,35);9-10,15-16H,4-8,11-13H2,1-3H3,(H,31,32)/t16-,17-;15-,16-/m00/s1. The summed E-state index contributed by atoms with van der Waals surface area (Å²) in [6.45, 7) is 6.73. The van der Waals surface area contributed by atoms with Crippen molar-refractivity contribution in [1.29, 1.82) is 0 Å². The molecule has 0 bridgehead atoms. The molecule has 6 heterocycles. The molecule has 3 N–H and O–H groups in total.